The standard InChI is InChI=1S/C14H31N3/c1-6-8-15-14(12(3)7-2)13-11-16(4)9-10-17(13)5/h12-15H,6-11H2,1-5H3. The van der Waals surface area contributed by atoms with E-state index < -0.39 is 0 Å². The fourth-order valence-electron chi connectivity index (χ4n) is 2.71. The molecule has 0 aromatic heterocycles. The van der Waals surface area contributed by atoms with Crippen LogP contribution in [0.4, 0.5) is 0 Å². The summed E-state index contributed by atoms with van der Waals surface area (Å²) in [5.74, 6) is 0.750. The highest BCUT2D eigenvalue weighted by atomic mass is 15.3. The molecule has 0 saturated carbocycles. The van der Waals surface area contributed by atoms with Crippen LogP contribution in [0.25, 0.3) is 0 Å². The zero-order valence-electron chi connectivity index (χ0n) is 12.4. The lowest BCUT2D eigenvalue weighted by atomic mass is 9.90. The maximum atomic E-state index is 3.77. The van der Waals surface area contributed by atoms with Gasteiger partial charge in [0.2, 0.25) is 0 Å². The molecule has 3 heteroatoms. The fraction of sp³-hybridized carbons (Fsp3) is 1.00. The van der Waals surface area contributed by atoms with Gasteiger partial charge in [0.25, 0.3) is 0 Å². The van der Waals surface area contributed by atoms with Gasteiger partial charge < -0.3 is 10.2 Å². The van der Waals surface area contributed by atoms with Crippen molar-refractivity contribution >= 4 is 0 Å². The van der Waals surface area contributed by atoms with Crippen molar-refractivity contribution in [2.24, 2.45) is 5.92 Å². The molecule has 1 fully saturated rings. The van der Waals surface area contributed by atoms with E-state index >= 15 is 0 Å². The Morgan fingerprint density at radius 1 is 1.24 bits per heavy atom. The second-order valence-corrected chi connectivity index (χ2v) is 5.68. The number of piperazine rings is 1. The summed E-state index contributed by atoms with van der Waals surface area (Å²) in [5.41, 5.74) is 0. The van der Waals surface area contributed by atoms with E-state index in [-0.39, 0.29) is 0 Å². The molecular weight excluding hydrogens is 210 g/mol. The predicted molar refractivity (Wildman–Crippen MR) is 75.5 cm³/mol. The number of hydrogen-bond acceptors (Lipinski definition) is 3. The molecule has 0 aliphatic carbocycles. The Morgan fingerprint density at radius 2 is 1.94 bits per heavy atom. The van der Waals surface area contributed by atoms with E-state index in [0.29, 0.717) is 12.1 Å². The molecule has 1 heterocycles. The van der Waals surface area contributed by atoms with Crippen LogP contribution < -0.4 is 5.32 Å². The van der Waals surface area contributed by atoms with Crippen molar-refractivity contribution in [3.05, 3.63) is 0 Å². The van der Waals surface area contributed by atoms with Gasteiger partial charge in [-0.15, -0.1) is 0 Å². The lowest BCUT2D eigenvalue weighted by Gasteiger charge is -2.44. The average molecular weight is 241 g/mol. The maximum absolute atomic E-state index is 3.77. The van der Waals surface area contributed by atoms with Crippen LogP contribution in [0.1, 0.15) is 33.6 Å². The summed E-state index contributed by atoms with van der Waals surface area (Å²) in [4.78, 5) is 5.01. The first-order chi connectivity index (χ1) is 8.10. The van der Waals surface area contributed by atoms with Crippen LogP contribution in [0.3, 0.4) is 0 Å². The molecule has 1 rings (SSSR count). The monoisotopic (exact) mass is 241 g/mol. The summed E-state index contributed by atoms with van der Waals surface area (Å²) >= 11 is 0. The zero-order chi connectivity index (χ0) is 12.8. The van der Waals surface area contributed by atoms with Gasteiger partial charge in [-0.1, -0.05) is 27.2 Å². The summed E-state index contributed by atoms with van der Waals surface area (Å²) in [6.07, 6.45) is 2.48. The van der Waals surface area contributed by atoms with Crippen LogP contribution in [-0.4, -0.2) is 62.2 Å². The predicted octanol–water partition coefficient (Wildman–Crippen LogP) is 1.65. The van der Waals surface area contributed by atoms with Gasteiger partial charge in [0.15, 0.2) is 0 Å². The van der Waals surface area contributed by atoms with E-state index in [0.717, 1.165) is 12.5 Å². The van der Waals surface area contributed by atoms with Gasteiger partial charge >= 0.3 is 0 Å². The molecule has 3 atom stereocenters. The number of rotatable bonds is 6. The molecule has 0 aromatic carbocycles. The number of likely N-dealkylation sites (N-methyl/N-ethyl adjacent to an activating group) is 2. The molecule has 0 spiro atoms. The van der Waals surface area contributed by atoms with E-state index in [1.165, 1.54) is 32.5 Å². The smallest absolute Gasteiger partial charge is 0.0376 e. The molecule has 17 heavy (non-hydrogen) atoms. The Bertz CT molecular complexity index is 208. The molecule has 0 bridgehead atoms. The number of nitrogens with one attached hydrogen (secondary N) is 1. The summed E-state index contributed by atoms with van der Waals surface area (Å²) in [6, 6.07) is 1.29. The Morgan fingerprint density at radius 3 is 2.53 bits per heavy atom. The normalized spacial score (nSPS) is 27.0. The van der Waals surface area contributed by atoms with Gasteiger partial charge in [0.05, 0.1) is 0 Å². The van der Waals surface area contributed by atoms with Crippen molar-refractivity contribution in [3.8, 4) is 0 Å². The van der Waals surface area contributed by atoms with Crippen molar-refractivity contribution in [2.75, 3.05) is 40.3 Å². The first-order valence-electron chi connectivity index (χ1n) is 7.22. The first kappa shape index (κ1) is 14.9. The maximum Gasteiger partial charge on any atom is 0.0376 e. The minimum atomic E-state index is 0.632. The molecule has 0 amide bonds. The fourth-order valence-corrected chi connectivity index (χ4v) is 2.71. The molecule has 0 aromatic rings. The van der Waals surface area contributed by atoms with E-state index in [2.05, 4.69) is 50.0 Å². The molecule has 1 N–H and O–H groups in total. The molecule has 1 saturated heterocycles. The Labute approximate surface area is 108 Å². The van der Waals surface area contributed by atoms with Gasteiger partial charge in [0, 0.05) is 31.7 Å². The van der Waals surface area contributed by atoms with Crippen LogP contribution in [0.5, 0.6) is 0 Å². The minimum Gasteiger partial charge on any atom is -0.312 e. The lowest BCUT2D eigenvalue weighted by molar-refractivity contribution is 0.0715. The van der Waals surface area contributed by atoms with Gasteiger partial charge in [-0.3, -0.25) is 4.90 Å². The van der Waals surface area contributed by atoms with Crippen molar-refractivity contribution in [2.45, 2.75) is 45.7 Å². The van der Waals surface area contributed by atoms with Crippen LogP contribution in [-0.2, 0) is 0 Å². The molecule has 0 radical (unpaired) electrons. The van der Waals surface area contributed by atoms with Crippen LogP contribution in [0, 0.1) is 5.92 Å². The van der Waals surface area contributed by atoms with Gasteiger partial charge in [-0.2, -0.15) is 0 Å². The highest BCUT2D eigenvalue weighted by Crippen LogP contribution is 2.18. The Balaban J connectivity index is 2.65. The number of hydrogen-bond donors (Lipinski definition) is 1. The van der Waals surface area contributed by atoms with Gasteiger partial charge in [-0.05, 0) is 33.0 Å². The number of nitrogens with zero attached hydrogens (tertiary/aromatic N) is 2. The molecule has 102 valence electrons. The second-order valence-electron chi connectivity index (χ2n) is 5.68. The van der Waals surface area contributed by atoms with Crippen molar-refractivity contribution in [1.82, 2.24) is 15.1 Å². The Hall–Kier alpha value is -0.120. The SMILES string of the molecule is CCCNC(C(C)CC)C1CN(C)CCN1C. The van der Waals surface area contributed by atoms with E-state index in [1.807, 2.05) is 0 Å². The van der Waals surface area contributed by atoms with Crippen LogP contribution >= 0.6 is 0 Å². The topological polar surface area (TPSA) is 18.5 Å². The molecule has 3 unspecified atom stereocenters. The molecule has 1 aliphatic heterocycles. The quantitative estimate of drug-likeness (QED) is 0.763. The van der Waals surface area contributed by atoms with Gasteiger partial charge in [-0.25, -0.2) is 0 Å². The van der Waals surface area contributed by atoms with E-state index in [1.54, 1.807) is 0 Å². The largest absolute Gasteiger partial charge is 0.312 e. The summed E-state index contributed by atoms with van der Waals surface area (Å²) in [6.45, 7) is 11.7. The van der Waals surface area contributed by atoms with E-state index in [9.17, 15) is 0 Å². The minimum absolute atomic E-state index is 0.632. The van der Waals surface area contributed by atoms with Crippen LogP contribution in [0.15, 0.2) is 0 Å². The zero-order valence-corrected chi connectivity index (χ0v) is 12.4. The van der Waals surface area contributed by atoms with Crippen molar-refractivity contribution in [1.29, 1.82) is 0 Å². The second kappa shape index (κ2) is 7.34. The van der Waals surface area contributed by atoms with E-state index in [4.69, 9.17) is 0 Å². The summed E-state index contributed by atoms with van der Waals surface area (Å²) in [7, 11) is 4.52. The average Bonchev–Trinajstić information content (AvgIpc) is 2.33. The Kier molecular flexibility index (Phi) is 6.45. The summed E-state index contributed by atoms with van der Waals surface area (Å²) < 4.78 is 0. The third-order valence-electron chi connectivity index (χ3n) is 4.20. The molecule has 3 nitrogen and oxygen atoms in total. The third-order valence-corrected chi connectivity index (χ3v) is 4.20. The molecular formula is C14H31N3. The molecule has 1 aliphatic rings. The third kappa shape index (κ3) is 4.23. The van der Waals surface area contributed by atoms with Crippen molar-refractivity contribution < 1.29 is 0 Å². The van der Waals surface area contributed by atoms with Crippen molar-refractivity contribution in [3.63, 3.8) is 0 Å². The lowest BCUT2D eigenvalue weighted by Crippen LogP contribution is -2.60. The first-order valence-corrected chi connectivity index (χ1v) is 7.22. The summed E-state index contributed by atoms with van der Waals surface area (Å²) in [5, 5.41) is 3.77. The highest BCUT2D eigenvalue weighted by Gasteiger charge is 2.31. The van der Waals surface area contributed by atoms with Crippen LogP contribution in [0.2, 0.25) is 0 Å². The highest BCUT2D eigenvalue weighted by molar-refractivity contribution is 4.91. The van der Waals surface area contributed by atoms with Gasteiger partial charge in [0.1, 0.15) is 0 Å².